The lowest BCUT2D eigenvalue weighted by Gasteiger charge is -2.30. The molecule has 1 unspecified atom stereocenters. The summed E-state index contributed by atoms with van der Waals surface area (Å²) in [6.45, 7) is 2.44. The number of morpholine rings is 1. The SMILES string of the molecule is O=C(C1CCc2nc(-c3ccc(F)cc3)[nH]c(=O)c2CC1)N1CCOCC1. The van der Waals surface area contributed by atoms with Crippen LogP contribution < -0.4 is 5.56 Å². The molecular formula is C20H22FN3O3. The van der Waals surface area contributed by atoms with Gasteiger partial charge in [0.25, 0.3) is 5.56 Å². The number of aryl methyl sites for hydroxylation is 1. The molecular weight excluding hydrogens is 349 g/mol. The Labute approximate surface area is 156 Å². The van der Waals surface area contributed by atoms with Crippen LogP contribution in [0.25, 0.3) is 11.4 Å². The number of hydrogen-bond acceptors (Lipinski definition) is 4. The molecule has 1 saturated heterocycles. The van der Waals surface area contributed by atoms with Gasteiger partial charge >= 0.3 is 0 Å². The van der Waals surface area contributed by atoms with Gasteiger partial charge in [0.05, 0.1) is 18.9 Å². The minimum Gasteiger partial charge on any atom is -0.378 e. The minimum atomic E-state index is -0.333. The summed E-state index contributed by atoms with van der Waals surface area (Å²) in [4.78, 5) is 34.7. The predicted molar refractivity (Wildman–Crippen MR) is 97.8 cm³/mol. The van der Waals surface area contributed by atoms with Crippen molar-refractivity contribution in [3.05, 3.63) is 51.7 Å². The minimum absolute atomic E-state index is 0.0917. The smallest absolute Gasteiger partial charge is 0.254 e. The van der Waals surface area contributed by atoms with E-state index < -0.39 is 0 Å². The van der Waals surface area contributed by atoms with Crippen LogP contribution in [-0.2, 0) is 22.4 Å². The molecule has 1 aliphatic heterocycles. The predicted octanol–water partition coefficient (Wildman–Crippen LogP) is 1.93. The number of ether oxygens (including phenoxy) is 1. The lowest BCUT2D eigenvalue weighted by atomic mass is 9.98. The van der Waals surface area contributed by atoms with Gasteiger partial charge in [0.2, 0.25) is 5.91 Å². The molecule has 4 rings (SSSR count). The van der Waals surface area contributed by atoms with E-state index in [0.29, 0.717) is 68.9 Å². The van der Waals surface area contributed by atoms with Gasteiger partial charge in [-0.3, -0.25) is 9.59 Å². The Kier molecular flexibility index (Phi) is 5.03. The molecule has 0 saturated carbocycles. The first-order valence-corrected chi connectivity index (χ1v) is 9.36. The van der Waals surface area contributed by atoms with E-state index in [9.17, 15) is 14.0 Å². The molecule has 142 valence electrons. The molecule has 1 N–H and O–H groups in total. The average Bonchev–Trinajstić information content (AvgIpc) is 2.92. The van der Waals surface area contributed by atoms with Crippen molar-refractivity contribution in [3.63, 3.8) is 0 Å². The maximum absolute atomic E-state index is 13.1. The highest BCUT2D eigenvalue weighted by atomic mass is 19.1. The molecule has 27 heavy (non-hydrogen) atoms. The van der Waals surface area contributed by atoms with E-state index in [-0.39, 0.29) is 23.2 Å². The highest BCUT2D eigenvalue weighted by molar-refractivity contribution is 5.79. The number of rotatable bonds is 2. The maximum Gasteiger partial charge on any atom is 0.254 e. The Balaban J connectivity index is 1.55. The van der Waals surface area contributed by atoms with Gasteiger partial charge in [0.15, 0.2) is 0 Å². The Morgan fingerprint density at radius 3 is 2.59 bits per heavy atom. The third-order valence-electron chi connectivity index (χ3n) is 5.36. The zero-order valence-corrected chi connectivity index (χ0v) is 15.0. The van der Waals surface area contributed by atoms with Crippen molar-refractivity contribution in [2.24, 2.45) is 5.92 Å². The van der Waals surface area contributed by atoms with Crippen molar-refractivity contribution in [1.82, 2.24) is 14.9 Å². The molecule has 1 amide bonds. The summed E-state index contributed by atoms with van der Waals surface area (Å²) in [5.41, 5.74) is 1.91. The molecule has 2 aromatic rings. The summed E-state index contributed by atoms with van der Waals surface area (Å²) in [5.74, 6) is 0.171. The molecule has 1 aromatic carbocycles. The number of hydrogen-bond donors (Lipinski definition) is 1. The Hall–Kier alpha value is -2.54. The standard InChI is InChI=1S/C20H22FN3O3/c21-15-5-1-13(2-6-15)18-22-17-8-4-14(3-7-16(17)19(25)23-18)20(26)24-9-11-27-12-10-24/h1-2,5-6,14H,3-4,7-12H2,(H,22,23,25). The largest absolute Gasteiger partial charge is 0.378 e. The van der Waals surface area contributed by atoms with E-state index in [1.807, 2.05) is 4.90 Å². The van der Waals surface area contributed by atoms with E-state index in [1.165, 1.54) is 12.1 Å². The second-order valence-electron chi connectivity index (χ2n) is 7.06. The summed E-state index contributed by atoms with van der Waals surface area (Å²) in [7, 11) is 0. The molecule has 7 heteroatoms. The van der Waals surface area contributed by atoms with Crippen LogP contribution in [0.3, 0.4) is 0 Å². The molecule has 1 atom stereocenters. The molecule has 2 heterocycles. The molecule has 0 bridgehead atoms. The summed E-state index contributed by atoms with van der Waals surface area (Å²) in [5, 5.41) is 0. The van der Waals surface area contributed by atoms with E-state index in [2.05, 4.69) is 9.97 Å². The number of halogens is 1. The van der Waals surface area contributed by atoms with Crippen molar-refractivity contribution in [2.75, 3.05) is 26.3 Å². The molecule has 1 aliphatic carbocycles. The zero-order chi connectivity index (χ0) is 18.8. The number of benzene rings is 1. The molecule has 1 aromatic heterocycles. The first kappa shape index (κ1) is 17.9. The van der Waals surface area contributed by atoms with Crippen LogP contribution in [0.2, 0.25) is 0 Å². The van der Waals surface area contributed by atoms with Crippen LogP contribution in [0.15, 0.2) is 29.1 Å². The summed E-state index contributed by atoms with van der Waals surface area (Å²) in [6.07, 6.45) is 2.47. The molecule has 1 fully saturated rings. The van der Waals surface area contributed by atoms with E-state index in [0.717, 1.165) is 5.69 Å². The normalized spacial score (nSPS) is 20.0. The highest BCUT2D eigenvalue weighted by Crippen LogP contribution is 2.25. The van der Waals surface area contributed by atoms with Crippen LogP contribution in [0.5, 0.6) is 0 Å². The van der Waals surface area contributed by atoms with Gasteiger partial charge in [-0.1, -0.05) is 0 Å². The fourth-order valence-corrected chi connectivity index (χ4v) is 3.82. The van der Waals surface area contributed by atoms with Gasteiger partial charge in [-0.25, -0.2) is 9.37 Å². The van der Waals surface area contributed by atoms with Gasteiger partial charge in [-0.15, -0.1) is 0 Å². The number of carbonyl (C=O) groups is 1. The van der Waals surface area contributed by atoms with E-state index >= 15 is 0 Å². The van der Waals surface area contributed by atoms with E-state index in [4.69, 9.17) is 4.74 Å². The maximum atomic E-state index is 13.1. The quantitative estimate of drug-likeness (QED) is 0.819. The molecule has 2 aliphatic rings. The van der Waals surface area contributed by atoms with Crippen molar-refractivity contribution in [2.45, 2.75) is 25.7 Å². The van der Waals surface area contributed by atoms with Crippen molar-refractivity contribution in [1.29, 1.82) is 0 Å². The second kappa shape index (κ2) is 7.60. The van der Waals surface area contributed by atoms with Crippen LogP contribution in [0, 0.1) is 11.7 Å². The van der Waals surface area contributed by atoms with E-state index in [1.54, 1.807) is 12.1 Å². The van der Waals surface area contributed by atoms with Gasteiger partial charge < -0.3 is 14.6 Å². The number of aromatic nitrogens is 2. The van der Waals surface area contributed by atoms with Crippen molar-refractivity contribution < 1.29 is 13.9 Å². The average molecular weight is 371 g/mol. The van der Waals surface area contributed by atoms with Crippen LogP contribution in [0.1, 0.15) is 24.1 Å². The molecule has 0 radical (unpaired) electrons. The first-order valence-electron chi connectivity index (χ1n) is 9.36. The van der Waals surface area contributed by atoms with Crippen LogP contribution in [0.4, 0.5) is 4.39 Å². The number of nitrogens with one attached hydrogen (secondary N) is 1. The zero-order valence-electron chi connectivity index (χ0n) is 15.0. The second-order valence-corrected chi connectivity index (χ2v) is 7.06. The number of fused-ring (bicyclic) bond motifs is 1. The van der Waals surface area contributed by atoms with Gasteiger partial charge in [-0.2, -0.15) is 0 Å². The Morgan fingerprint density at radius 2 is 1.85 bits per heavy atom. The number of nitrogens with zero attached hydrogens (tertiary/aromatic N) is 2. The number of H-pyrrole nitrogens is 1. The van der Waals surface area contributed by atoms with Crippen molar-refractivity contribution >= 4 is 5.91 Å². The summed E-state index contributed by atoms with van der Waals surface area (Å²) in [6, 6.07) is 5.89. The third-order valence-corrected chi connectivity index (χ3v) is 5.36. The van der Waals surface area contributed by atoms with Gasteiger partial charge in [0.1, 0.15) is 11.6 Å². The lowest BCUT2D eigenvalue weighted by molar-refractivity contribution is -0.140. The third kappa shape index (κ3) is 3.78. The fourth-order valence-electron chi connectivity index (χ4n) is 3.82. The lowest BCUT2D eigenvalue weighted by Crippen LogP contribution is -2.43. The monoisotopic (exact) mass is 371 g/mol. The number of amides is 1. The summed E-state index contributed by atoms with van der Waals surface area (Å²) < 4.78 is 18.5. The summed E-state index contributed by atoms with van der Waals surface area (Å²) >= 11 is 0. The highest BCUT2D eigenvalue weighted by Gasteiger charge is 2.29. The van der Waals surface area contributed by atoms with Gasteiger partial charge in [0, 0.05) is 30.1 Å². The topological polar surface area (TPSA) is 75.3 Å². The molecule has 6 nitrogen and oxygen atoms in total. The van der Waals surface area contributed by atoms with Crippen molar-refractivity contribution in [3.8, 4) is 11.4 Å². The number of carbonyl (C=O) groups excluding carboxylic acids is 1. The van der Waals surface area contributed by atoms with Crippen LogP contribution in [-0.4, -0.2) is 47.1 Å². The Morgan fingerprint density at radius 1 is 1.15 bits per heavy atom. The number of aromatic amines is 1. The first-order chi connectivity index (χ1) is 13.1. The molecule has 0 spiro atoms. The van der Waals surface area contributed by atoms with Crippen LogP contribution >= 0.6 is 0 Å². The Bertz CT molecular complexity index is 888. The fraction of sp³-hybridized carbons (Fsp3) is 0.450. The van der Waals surface area contributed by atoms with Gasteiger partial charge in [-0.05, 0) is 49.9 Å².